The van der Waals surface area contributed by atoms with Crippen LogP contribution in [0.4, 0.5) is 19.0 Å². The lowest BCUT2D eigenvalue weighted by Gasteiger charge is -2.39. The molecule has 2 aliphatic carbocycles. The first-order chi connectivity index (χ1) is 17.8. The van der Waals surface area contributed by atoms with Crippen LogP contribution < -0.4 is 4.90 Å². The van der Waals surface area contributed by atoms with Crippen molar-refractivity contribution >= 4 is 11.8 Å². The van der Waals surface area contributed by atoms with Gasteiger partial charge in [-0.2, -0.15) is 13.2 Å². The van der Waals surface area contributed by atoms with Gasteiger partial charge in [-0.25, -0.2) is 14.8 Å². The van der Waals surface area contributed by atoms with Gasteiger partial charge in [0.2, 0.25) is 0 Å². The number of aromatic nitrogens is 3. The van der Waals surface area contributed by atoms with Gasteiger partial charge in [0.15, 0.2) is 5.69 Å². The minimum atomic E-state index is -4.18. The number of carboxylic acid groups (broad SMARTS) is 1. The lowest BCUT2D eigenvalue weighted by atomic mass is 9.74. The van der Waals surface area contributed by atoms with Crippen molar-refractivity contribution in [2.75, 3.05) is 4.90 Å². The molecule has 10 heteroatoms. The van der Waals surface area contributed by atoms with Crippen molar-refractivity contribution in [3.8, 4) is 0 Å². The summed E-state index contributed by atoms with van der Waals surface area (Å²) >= 11 is 0. The second kappa shape index (κ2) is 9.60. The van der Waals surface area contributed by atoms with Crippen LogP contribution in [0.3, 0.4) is 0 Å². The Balaban J connectivity index is 1.17. The van der Waals surface area contributed by atoms with E-state index in [-0.39, 0.29) is 30.3 Å². The first-order valence-corrected chi connectivity index (χ1v) is 13.5. The number of ether oxygens (including phenoxy) is 1. The normalized spacial score (nSPS) is 30.0. The van der Waals surface area contributed by atoms with Gasteiger partial charge in [0.25, 0.3) is 0 Å². The molecule has 4 heterocycles. The number of hydrogen-bond acceptors (Lipinski definition) is 5. The van der Waals surface area contributed by atoms with Gasteiger partial charge in [-0.3, -0.25) is 0 Å². The first-order valence-electron chi connectivity index (χ1n) is 13.5. The van der Waals surface area contributed by atoms with E-state index in [0.717, 1.165) is 61.8 Å². The third-order valence-electron chi connectivity index (χ3n) is 8.90. The number of alkyl halides is 3. The van der Waals surface area contributed by atoms with Crippen molar-refractivity contribution in [2.24, 2.45) is 5.92 Å². The van der Waals surface area contributed by atoms with E-state index < -0.39 is 24.0 Å². The van der Waals surface area contributed by atoms with Crippen molar-refractivity contribution in [1.82, 2.24) is 15.0 Å². The highest BCUT2D eigenvalue weighted by Crippen LogP contribution is 2.50. The summed E-state index contributed by atoms with van der Waals surface area (Å²) in [5.41, 5.74) is 2.79. The van der Waals surface area contributed by atoms with E-state index in [1.807, 2.05) is 6.20 Å². The molecule has 0 amide bonds. The van der Waals surface area contributed by atoms with Gasteiger partial charge in [-0.15, -0.1) is 0 Å². The number of aromatic amines is 1. The number of nitrogens with one attached hydrogen (secondary N) is 1. The molecule has 2 saturated carbocycles. The molecule has 4 atom stereocenters. The number of piperidine rings is 1. The second-order valence-corrected chi connectivity index (χ2v) is 11.2. The molecule has 4 fully saturated rings. The zero-order chi connectivity index (χ0) is 25.7. The topological polar surface area (TPSA) is 91.3 Å². The van der Waals surface area contributed by atoms with Crippen LogP contribution in [0.15, 0.2) is 18.6 Å². The van der Waals surface area contributed by atoms with Gasteiger partial charge < -0.3 is 19.7 Å². The molecule has 2 aromatic rings. The summed E-state index contributed by atoms with van der Waals surface area (Å²) in [5, 5.41) is 9.10. The number of aromatic carboxylic acids is 1. The second-order valence-electron chi connectivity index (χ2n) is 11.2. The van der Waals surface area contributed by atoms with Gasteiger partial charge in [0, 0.05) is 29.5 Å². The fourth-order valence-electron chi connectivity index (χ4n) is 7.01. The number of hydrogen-bond donors (Lipinski definition) is 2. The van der Waals surface area contributed by atoms with Crippen molar-refractivity contribution in [1.29, 1.82) is 0 Å². The average molecular weight is 519 g/mol. The fourth-order valence-corrected chi connectivity index (χ4v) is 7.01. The van der Waals surface area contributed by atoms with Crippen LogP contribution in [-0.2, 0) is 11.3 Å². The molecule has 37 heavy (non-hydrogen) atoms. The monoisotopic (exact) mass is 518 g/mol. The van der Waals surface area contributed by atoms with Crippen LogP contribution in [0.2, 0.25) is 0 Å². The van der Waals surface area contributed by atoms with E-state index in [9.17, 15) is 18.0 Å². The van der Waals surface area contributed by atoms with Crippen LogP contribution in [0.25, 0.3) is 0 Å². The van der Waals surface area contributed by atoms with Crippen LogP contribution >= 0.6 is 0 Å². The van der Waals surface area contributed by atoms with Crippen LogP contribution in [0.5, 0.6) is 0 Å². The molecular weight excluding hydrogens is 485 g/mol. The molecule has 0 spiro atoms. The maximum absolute atomic E-state index is 13.9. The summed E-state index contributed by atoms with van der Waals surface area (Å²) in [6.45, 7) is 0.350. The van der Waals surface area contributed by atoms with E-state index in [1.54, 1.807) is 0 Å². The largest absolute Gasteiger partial charge is 0.476 e. The number of nitrogens with zero attached hydrogens (tertiary/aromatic N) is 3. The molecule has 0 aromatic carbocycles. The minimum Gasteiger partial charge on any atom is -0.476 e. The summed E-state index contributed by atoms with van der Waals surface area (Å²) in [5.74, 6) is -1.78. The molecule has 2 saturated heterocycles. The lowest BCUT2D eigenvalue weighted by molar-refractivity contribution is -0.187. The molecule has 4 aliphatic rings. The predicted octanol–water partition coefficient (Wildman–Crippen LogP) is 5.93. The Labute approximate surface area is 213 Å². The highest BCUT2D eigenvalue weighted by molar-refractivity contribution is 5.84. The summed E-state index contributed by atoms with van der Waals surface area (Å²) in [6.07, 6.45) is 8.54. The van der Waals surface area contributed by atoms with Gasteiger partial charge in [-0.05, 0) is 68.8 Å². The highest BCUT2D eigenvalue weighted by Gasteiger charge is 2.47. The Bertz CT molecular complexity index is 1120. The fraction of sp³-hybridized carbons (Fsp3) is 0.667. The van der Waals surface area contributed by atoms with Crippen LogP contribution in [0, 0.1) is 5.92 Å². The quantitative estimate of drug-likeness (QED) is 0.472. The molecule has 2 N–H and O–H groups in total. The Morgan fingerprint density at radius 1 is 1.05 bits per heavy atom. The number of carboxylic acids is 1. The number of carbonyl (C=O) groups is 1. The van der Waals surface area contributed by atoms with Gasteiger partial charge >= 0.3 is 12.1 Å². The van der Waals surface area contributed by atoms with Crippen molar-refractivity contribution < 1.29 is 27.8 Å². The van der Waals surface area contributed by atoms with E-state index in [4.69, 9.17) is 9.84 Å². The first kappa shape index (κ1) is 24.7. The zero-order valence-corrected chi connectivity index (χ0v) is 20.7. The van der Waals surface area contributed by atoms with Gasteiger partial charge in [0.1, 0.15) is 5.82 Å². The van der Waals surface area contributed by atoms with E-state index in [0.29, 0.717) is 31.2 Å². The Hall–Kier alpha value is -2.62. The number of anilines is 1. The summed E-state index contributed by atoms with van der Waals surface area (Å²) in [6, 6.07) is 0.463. The smallest absolute Gasteiger partial charge is 0.392 e. The lowest BCUT2D eigenvalue weighted by Crippen LogP contribution is -2.46. The Morgan fingerprint density at radius 3 is 2.41 bits per heavy atom. The van der Waals surface area contributed by atoms with Crippen molar-refractivity contribution in [3.05, 3.63) is 41.1 Å². The van der Waals surface area contributed by atoms with Crippen LogP contribution in [-0.4, -0.2) is 50.4 Å². The maximum atomic E-state index is 13.9. The Kier molecular flexibility index (Phi) is 6.41. The third-order valence-corrected chi connectivity index (χ3v) is 8.90. The minimum absolute atomic E-state index is 0.0274. The maximum Gasteiger partial charge on any atom is 0.392 e. The number of fused-ring (bicyclic) bond motifs is 2. The zero-order valence-electron chi connectivity index (χ0n) is 20.7. The number of halogens is 3. The molecule has 2 bridgehead atoms. The SMILES string of the molecule is O=C(O)c1cnc(N2C3CCC2CC(OCc2c(C4CCCCC4C(F)(F)F)c[nH]c2C2CC2)C3)cn1. The molecule has 6 rings (SSSR count). The molecule has 4 unspecified atom stereocenters. The number of rotatable bonds is 7. The summed E-state index contributed by atoms with van der Waals surface area (Å²) < 4.78 is 48.2. The molecule has 7 nitrogen and oxygen atoms in total. The Morgan fingerprint density at radius 2 is 1.78 bits per heavy atom. The molecule has 0 radical (unpaired) electrons. The standard InChI is InChI=1S/C27H33F3N4O3/c28-27(29,30)22-4-2-1-3-19(22)20-11-33-25(15-5-6-15)21(20)14-37-18-9-16-7-8-17(10-18)34(16)24-13-31-23(12-32-24)26(35)36/h11-13,15-19,22,33H,1-10,14H2,(H,35,36). The highest BCUT2D eigenvalue weighted by atomic mass is 19.4. The van der Waals surface area contributed by atoms with E-state index in [1.165, 1.54) is 12.4 Å². The number of H-pyrrole nitrogens is 1. The summed E-state index contributed by atoms with van der Waals surface area (Å²) in [4.78, 5) is 25.1. The van der Waals surface area contributed by atoms with Gasteiger partial charge in [0.05, 0.1) is 31.0 Å². The van der Waals surface area contributed by atoms with Crippen LogP contribution in [0.1, 0.15) is 103 Å². The van der Waals surface area contributed by atoms with Crippen molar-refractivity contribution in [2.45, 2.75) is 107 Å². The summed E-state index contributed by atoms with van der Waals surface area (Å²) in [7, 11) is 0. The van der Waals surface area contributed by atoms with E-state index in [2.05, 4.69) is 19.9 Å². The molecular formula is C27H33F3N4O3. The van der Waals surface area contributed by atoms with Gasteiger partial charge in [-0.1, -0.05) is 12.8 Å². The van der Waals surface area contributed by atoms with Crippen molar-refractivity contribution in [3.63, 3.8) is 0 Å². The third kappa shape index (κ3) is 4.84. The van der Waals surface area contributed by atoms with E-state index >= 15 is 0 Å². The predicted molar refractivity (Wildman–Crippen MR) is 130 cm³/mol. The average Bonchev–Trinajstić information content (AvgIpc) is 3.58. The molecule has 200 valence electrons. The molecule has 2 aliphatic heterocycles. The molecule has 2 aromatic heterocycles.